The fraction of sp³-hybridized carbons (Fsp3) is 0.0833. The molecule has 0 aromatic heterocycles. The maximum Gasteiger partial charge on any atom is 2.00 e. The van der Waals surface area contributed by atoms with Crippen molar-refractivity contribution in [2.24, 2.45) is 0 Å². The molecule has 248 valence electrons. The normalized spacial score (nSPS) is 11.3. The van der Waals surface area contributed by atoms with Crippen molar-refractivity contribution in [1.29, 1.82) is 0 Å². The molecule has 0 aliphatic rings. The van der Waals surface area contributed by atoms with Gasteiger partial charge in [0.15, 0.2) is 0 Å². The SMILES string of the molecule is Cc1ccc(P(c2ccc(C)cc2)c2ccc3ccccc3c2-c2c(P(c3ccc(C)cc3)c3ccc(C)cc3)ccc3ccccc23)cc1.[Ru+2]. The number of fused-ring (bicyclic) bond motifs is 2. The van der Waals surface area contributed by atoms with Crippen molar-refractivity contribution in [2.75, 3.05) is 0 Å². The van der Waals surface area contributed by atoms with Gasteiger partial charge < -0.3 is 0 Å². The zero-order valence-electron chi connectivity index (χ0n) is 29.4. The van der Waals surface area contributed by atoms with Crippen LogP contribution < -0.4 is 31.8 Å². The molecule has 0 nitrogen and oxygen atoms in total. The van der Waals surface area contributed by atoms with Crippen molar-refractivity contribution in [2.45, 2.75) is 27.7 Å². The van der Waals surface area contributed by atoms with Crippen molar-refractivity contribution < 1.29 is 19.5 Å². The van der Waals surface area contributed by atoms with Crippen LogP contribution >= 0.6 is 15.8 Å². The number of aryl methyl sites for hydroxylation is 4. The van der Waals surface area contributed by atoms with Crippen molar-refractivity contribution in [3.05, 3.63) is 192 Å². The van der Waals surface area contributed by atoms with Crippen LogP contribution in [0.1, 0.15) is 22.3 Å². The average molecular weight is 780 g/mol. The molecule has 51 heavy (non-hydrogen) atoms. The minimum absolute atomic E-state index is 0. The second-order valence-corrected chi connectivity index (χ2v) is 17.7. The molecule has 0 fully saturated rings. The molecule has 0 saturated carbocycles. The molecule has 0 unspecified atom stereocenters. The van der Waals surface area contributed by atoms with Crippen molar-refractivity contribution in [1.82, 2.24) is 0 Å². The van der Waals surface area contributed by atoms with E-state index in [1.807, 2.05) is 0 Å². The van der Waals surface area contributed by atoms with Crippen LogP contribution in [-0.2, 0) is 19.5 Å². The van der Waals surface area contributed by atoms with E-state index in [4.69, 9.17) is 0 Å². The van der Waals surface area contributed by atoms with Crippen LogP contribution in [0.15, 0.2) is 170 Å². The molecular formula is C48H40P2Ru+2. The van der Waals surface area contributed by atoms with E-state index in [9.17, 15) is 0 Å². The van der Waals surface area contributed by atoms with E-state index in [-0.39, 0.29) is 19.5 Å². The number of benzene rings is 8. The zero-order chi connectivity index (χ0) is 34.2. The summed E-state index contributed by atoms with van der Waals surface area (Å²) in [5.74, 6) is 0. The minimum Gasteiger partial charge on any atom is -0.0616 e. The van der Waals surface area contributed by atoms with Crippen LogP contribution in [0.2, 0.25) is 0 Å². The molecule has 0 aliphatic heterocycles. The van der Waals surface area contributed by atoms with Crippen LogP contribution in [0.25, 0.3) is 32.7 Å². The maximum absolute atomic E-state index is 2.44. The molecule has 0 spiro atoms. The summed E-state index contributed by atoms with van der Waals surface area (Å²) >= 11 is 0. The van der Waals surface area contributed by atoms with Gasteiger partial charge in [-0.15, -0.1) is 0 Å². The van der Waals surface area contributed by atoms with E-state index < -0.39 is 15.8 Å². The first kappa shape index (κ1) is 35.2. The van der Waals surface area contributed by atoms with Crippen LogP contribution in [-0.4, -0.2) is 0 Å². The van der Waals surface area contributed by atoms with Crippen LogP contribution in [0.3, 0.4) is 0 Å². The molecule has 0 saturated heterocycles. The Labute approximate surface area is 317 Å². The van der Waals surface area contributed by atoms with E-state index in [2.05, 4.69) is 198 Å². The summed E-state index contributed by atoms with van der Waals surface area (Å²) in [7, 11) is -1.77. The first-order valence-electron chi connectivity index (χ1n) is 17.4. The summed E-state index contributed by atoms with van der Waals surface area (Å²) < 4.78 is 0. The minimum atomic E-state index is -0.885. The zero-order valence-corrected chi connectivity index (χ0v) is 32.9. The Morgan fingerprint density at radius 2 is 0.569 bits per heavy atom. The van der Waals surface area contributed by atoms with Crippen molar-refractivity contribution in [3.8, 4) is 11.1 Å². The molecule has 0 amide bonds. The molecule has 8 aromatic rings. The largest absolute Gasteiger partial charge is 2.00 e. The summed E-state index contributed by atoms with van der Waals surface area (Å²) in [4.78, 5) is 0. The Hall–Kier alpha value is -4.24. The predicted octanol–water partition coefficient (Wildman–Crippen LogP) is 10.4. The van der Waals surface area contributed by atoms with Gasteiger partial charge in [-0.05, 0) is 108 Å². The molecule has 0 heterocycles. The molecular weight excluding hydrogens is 740 g/mol. The van der Waals surface area contributed by atoms with Gasteiger partial charge in [0.1, 0.15) is 0 Å². The first-order chi connectivity index (χ1) is 24.4. The number of hydrogen-bond donors (Lipinski definition) is 0. The fourth-order valence-electron chi connectivity index (χ4n) is 7.05. The second kappa shape index (κ2) is 15.2. The van der Waals surface area contributed by atoms with Crippen molar-refractivity contribution in [3.63, 3.8) is 0 Å². The predicted molar refractivity (Wildman–Crippen MR) is 223 cm³/mol. The smallest absolute Gasteiger partial charge is 0.0616 e. The van der Waals surface area contributed by atoms with Crippen LogP contribution in [0.4, 0.5) is 0 Å². The number of rotatable bonds is 7. The Kier molecular flexibility index (Phi) is 10.5. The Balaban J connectivity index is 0.00000406. The van der Waals surface area contributed by atoms with Gasteiger partial charge in [-0.3, -0.25) is 0 Å². The van der Waals surface area contributed by atoms with Gasteiger partial charge in [-0.25, -0.2) is 0 Å². The molecule has 0 radical (unpaired) electrons. The van der Waals surface area contributed by atoms with E-state index in [1.165, 1.54) is 86.8 Å². The van der Waals surface area contributed by atoms with E-state index in [0.29, 0.717) is 0 Å². The fourth-order valence-corrected chi connectivity index (χ4v) is 11.9. The van der Waals surface area contributed by atoms with E-state index in [1.54, 1.807) is 0 Å². The standard InChI is InChI=1S/C48H40P2.Ru/c1-33-13-23-39(24-14-33)49(40-25-15-34(2)16-26-40)45-31-21-37-9-5-7-11-43(37)47(45)48-44-12-8-6-10-38(44)22-32-46(48)50(41-27-17-35(3)18-28-41)42-29-19-36(4)20-30-42;/h5-32H,1-4H3;/q;+2. The molecule has 8 aromatic carbocycles. The Morgan fingerprint density at radius 3 is 0.863 bits per heavy atom. The van der Waals surface area contributed by atoms with Gasteiger partial charge in [0, 0.05) is 0 Å². The molecule has 0 aliphatic carbocycles. The molecule has 0 N–H and O–H groups in total. The third-order valence-corrected chi connectivity index (χ3v) is 14.7. The topological polar surface area (TPSA) is 0 Å². The van der Waals surface area contributed by atoms with Gasteiger partial charge in [0.25, 0.3) is 0 Å². The Morgan fingerprint density at radius 1 is 0.294 bits per heavy atom. The summed E-state index contributed by atoms with van der Waals surface area (Å²) in [5, 5.41) is 13.4. The van der Waals surface area contributed by atoms with Gasteiger partial charge in [0.05, 0.1) is 0 Å². The maximum atomic E-state index is 2.44. The summed E-state index contributed by atoms with van der Waals surface area (Å²) in [6.07, 6.45) is 0. The van der Waals surface area contributed by atoms with Crippen LogP contribution in [0, 0.1) is 27.7 Å². The average Bonchev–Trinajstić information content (AvgIpc) is 3.15. The van der Waals surface area contributed by atoms with Gasteiger partial charge in [-0.1, -0.05) is 192 Å². The summed E-state index contributed by atoms with van der Waals surface area (Å²) in [5.41, 5.74) is 7.84. The van der Waals surface area contributed by atoms with E-state index in [0.717, 1.165) is 0 Å². The second-order valence-electron chi connectivity index (χ2n) is 13.4. The van der Waals surface area contributed by atoms with Crippen molar-refractivity contribution >= 4 is 69.2 Å². The third kappa shape index (κ3) is 7.02. The number of hydrogen-bond acceptors (Lipinski definition) is 0. The van der Waals surface area contributed by atoms with Crippen LogP contribution in [0.5, 0.6) is 0 Å². The summed E-state index contributed by atoms with van der Waals surface area (Å²) in [6, 6.07) is 64.6. The molecule has 8 rings (SSSR count). The molecule has 0 bridgehead atoms. The summed E-state index contributed by atoms with van der Waals surface area (Å²) in [6.45, 7) is 8.72. The Bertz CT molecular complexity index is 2180. The quantitative estimate of drug-likeness (QED) is 0.112. The van der Waals surface area contributed by atoms with E-state index >= 15 is 0 Å². The first-order valence-corrected chi connectivity index (χ1v) is 20.0. The van der Waals surface area contributed by atoms with Gasteiger partial charge in [0.2, 0.25) is 0 Å². The molecule has 0 atom stereocenters. The van der Waals surface area contributed by atoms with Gasteiger partial charge >= 0.3 is 19.5 Å². The third-order valence-electron chi connectivity index (χ3n) is 9.71. The monoisotopic (exact) mass is 780 g/mol. The van der Waals surface area contributed by atoms with Gasteiger partial charge in [-0.2, -0.15) is 0 Å². The molecule has 3 heteroatoms.